The van der Waals surface area contributed by atoms with Crippen molar-refractivity contribution in [2.24, 2.45) is 0 Å². The lowest BCUT2D eigenvalue weighted by Crippen LogP contribution is -2.00. The Morgan fingerprint density at radius 1 is 1.29 bits per heavy atom. The number of rotatable bonds is 4. The molecule has 0 aliphatic heterocycles. The van der Waals surface area contributed by atoms with E-state index in [1.165, 1.54) is 22.6 Å². The molecule has 3 rings (SSSR count). The molecule has 0 saturated heterocycles. The lowest BCUT2D eigenvalue weighted by Gasteiger charge is -2.06. The molecule has 2 aromatic heterocycles. The van der Waals surface area contributed by atoms with Gasteiger partial charge in [-0.1, -0.05) is 0 Å². The van der Waals surface area contributed by atoms with Crippen molar-refractivity contribution in [1.29, 1.82) is 0 Å². The van der Waals surface area contributed by atoms with Crippen LogP contribution in [-0.4, -0.2) is 9.91 Å². The first-order valence-electron chi connectivity index (χ1n) is 6.45. The van der Waals surface area contributed by atoms with E-state index in [9.17, 15) is 10.1 Å². The third kappa shape index (κ3) is 2.85. The monoisotopic (exact) mass is 299 g/mol. The molecule has 0 radical (unpaired) electrons. The van der Waals surface area contributed by atoms with Crippen molar-refractivity contribution in [3.05, 3.63) is 62.3 Å². The Balaban J connectivity index is 1.82. The van der Waals surface area contributed by atoms with Gasteiger partial charge in [0.15, 0.2) is 0 Å². The fourth-order valence-electron chi connectivity index (χ4n) is 2.08. The van der Waals surface area contributed by atoms with Crippen molar-refractivity contribution in [1.82, 2.24) is 4.98 Å². The molecule has 0 atom stereocenters. The Kier molecular flexibility index (Phi) is 3.53. The molecule has 0 saturated carbocycles. The predicted molar refractivity (Wildman–Crippen MR) is 84.8 cm³/mol. The highest BCUT2D eigenvalue weighted by Crippen LogP contribution is 2.22. The molecule has 6 heteroatoms. The molecule has 2 heterocycles. The van der Waals surface area contributed by atoms with E-state index in [1.807, 2.05) is 12.1 Å². The highest BCUT2D eigenvalue weighted by atomic mass is 32.1. The largest absolute Gasteiger partial charge is 0.365 e. The van der Waals surface area contributed by atoms with Crippen LogP contribution in [0.4, 0.5) is 11.5 Å². The molecule has 5 nitrogen and oxygen atoms in total. The van der Waals surface area contributed by atoms with Crippen molar-refractivity contribution in [3.8, 4) is 0 Å². The van der Waals surface area contributed by atoms with Crippen LogP contribution in [0.1, 0.15) is 10.4 Å². The maximum Gasteiger partial charge on any atom is 0.270 e. The van der Waals surface area contributed by atoms with Crippen molar-refractivity contribution in [3.63, 3.8) is 0 Å². The van der Waals surface area contributed by atoms with Gasteiger partial charge >= 0.3 is 0 Å². The van der Waals surface area contributed by atoms with Crippen LogP contribution in [0, 0.1) is 17.0 Å². The lowest BCUT2D eigenvalue weighted by molar-refractivity contribution is -0.384. The molecule has 106 valence electrons. The minimum absolute atomic E-state index is 0.0826. The van der Waals surface area contributed by atoms with Crippen LogP contribution in [0.15, 0.2) is 41.8 Å². The van der Waals surface area contributed by atoms with Gasteiger partial charge in [-0.05, 0) is 42.1 Å². The molecule has 0 aliphatic carbocycles. The van der Waals surface area contributed by atoms with E-state index in [1.54, 1.807) is 17.4 Å². The molecule has 0 fully saturated rings. The first-order valence-corrected chi connectivity index (χ1v) is 7.33. The van der Waals surface area contributed by atoms with Crippen molar-refractivity contribution >= 4 is 33.7 Å². The van der Waals surface area contributed by atoms with E-state index in [0.717, 1.165) is 23.3 Å². The van der Waals surface area contributed by atoms with Crippen LogP contribution >= 0.6 is 11.3 Å². The molecule has 0 amide bonds. The van der Waals surface area contributed by atoms with Gasteiger partial charge in [0, 0.05) is 22.4 Å². The number of nitro benzene ring substituents is 1. The Morgan fingerprint density at radius 3 is 2.86 bits per heavy atom. The first-order chi connectivity index (χ1) is 10.1. The molecule has 1 aromatic carbocycles. The topological polar surface area (TPSA) is 68.1 Å². The van der Waals surface area contributed by atoms with Gasteiger partial charge in [0.1, 0.15) is 5.82 Å². The average molecular weight is 299 g/mol. The number of aromatic nitrogens is 1. The second-order valence-electron chi connectivity index (χ2n) is 4.71. The zero-order valence-electron chi connectivity index (χ0n) is 11.4. The molecule has 21 heavy (non-hydrogen) atoms. The Labute approximate surface area is 125 Å². The van der Waals surface area contributed by atoms with Gasteiger partial charge in [-0.25, -0.2) is 4.98 Å². The van der Waals surface area contributed by atoms with Gasteiger partial charge in [-0.2, -0.15) is 0 Å². The summed E-state index contributed by atoms with van der Waals surface area (Å²) in [5.74, 6) is 0.768. The van der Waals surface area contributed by atoms with E-state index in [4.69, 9.17) is 0 Å². The predicted octanol–water partition coefficient (Wildman–Crippen LogP) is 4.13. The number of benzene rings is 1. The summed E-state index contributed by atoms with van der Waals surface area (Å²) in [5, 5.41) is 16.9. The van der Waals surface area contributed by atoms with E-state index < -0.39 is 4.92 Å². The Morgan fingerprint density at radius 2 is 2.14 bits per heavy atom. The highest BCUT2D eigenvalue weighted by Gasteiger charge is 2.07. The van der Waals surface area contributed by atoms with Crippen molar-refractivity contribution in [2.75, 3.05) is 5.32 Å². The molecule has 0 bridgehead atoms. The molecular weight excluding hydrogens is 286 g/mol. The van der Waals surface area contributed by atoms with Gasteiger partial charge in [-0.3, -0.25) is 10.1 Å². The number of fused-ring (bicyclic) bond motifs is 1. The van der Waals surface area contributed by atoms with Gasteiger partial charge < -0.3 is 5.32 Å². The molecule has 3 aromatic rings. The minimum atomic E-state index is -0.398. The summed E-state index contributed by atoms with van der Waals surface area (Å²) in [6.45, 7) is 2.81. The number of pyridine rings is 1. The molecular formula is C15H13N3O2S. The summed E-state index contributed by atoms with van der Waals surface area (Å²) in [7, 11) is 0. The van der Waals surface area contributed by atoms with Gasteiger partial charge in [0.2, 0.25) is 0 Å². The van der Waals surface area contributed by atoms with Crippen LogP contribution in [0.25, 0.3) is 10.9 Å². The first kappa shape index (κ1) is 13.5. The highest BCUT2D eigenvalue weighted by molar-refractivity contribution is 7.10. The fourth-order valence-corrected chi connectivity index (χ4v) is 2.93. The summed E-state index contributed by atoms with van der Waals surface area (Å²) in [4.78, 5) is 16.1. The Hall–Kier alpha value is -2.47. The van der Waals surface area contributed by atoms with Crippen LogP contribution in [-0.2, 0) is 6.54 Å². The van der Waals surface area contributed by atoms with Gasteiger partial charge in [0.25, 0.3) is 5.69 Å². The van der Waals surface area contributed by atoms with E-state index >= 15 is 0 Å². The quantitative estimate of drug-likeness (QED) is 0.581. The van der Waals surface area contributed by atoms with Gasteiger partial charge in [0.05, 0.1) is 17.0 Å². The smallest absolute Gasteiger partial charge is 0.270 e. The van der Waals surface area contributed by atoms with Crippen LogP contribution in [0.5, 0.6) is 0 Å². The summed E-state index contributed by atoms with van der Waals surface area (Å²) in [5.41, 5.74) is 2.09. The van der Waals surface area contributed by atoms with Crippen molar-refractivity contribution < 1.29 is 4.92 Å². The van der Waals surface area contributed by atoms with E-state index in [2.05, 4.69) is 28.7 Å². The summed E-state index contributed by atoms with van der Waals surface area (Å²) in [6.07, 6.45) is 0. The number of nitro groups is 1. The number of non-ortho nitro benzene ring substituents is 1. The normalized spacial score (nSPS) is 10.7. The van der Waals surface area contributed by atoms with E-state index in [-0.39, 0.29) is 5.69 Å². The summed E-state index contributed by atoms with van der Waals surface area (Å²) >= 11 is 1.71. The molecule has 1 N–H and O–H groups in total. The molecule has 0 unspecified atom stereocenters. The molecule has 0 spiro atoms. The lowest BCUT2D eigenvalue weighted by atomic mass is 10.2. The summed E-state index contributed by atoms with van der Waals surface area (Å²) < 4.78 is 0. The summed E-state index contributed by atoms with van der Waals surface area (Å²) in [6, 6.07) is 10.5. The number of thiophene rings is 1. The van der Waals surface area contributed by atoms with E-state index in [0.29, 0.717) is 0 Å². The van der Waals surface area contributed by atoms with Crippen molar-refractivity contribution in [2.45, 2.75) is 13.5 Å². The number of nitrogens with zero attached hydrogens (tertiary/aromatic N) is 2. The maximum atomic E-state index is 10.8. The minimum Gasteiger partial charge on any atom is -0.365 e. The Bertz CT molecular complexity index is 814. The zero-order chi connectivity index (χ0) is 14.8. The second kappa shape index (κ2) is 5.49. The second-order valence-corrected chi connectivity index (χ2v) is 5.71. The fraction of sp³-hybridized carbons (Fsp3) is 0.133. The number of hydrogen-bond donors (Lipinski definition) is 1. The zero-order valence-corrected chi connectivity index (χ0v) is 12.2. The van der Waals surface area contributed by atoms with Crippen LogP contribution in [0.2, 0.25) is 0 Å². The number of anilines is 1. The third-order valence-electron chi connectivity index (χ3n) is 3.28. The molecule has 0 aliphatic rings. The van der Waals surface area contributed by atoms with Crippen LogP contribution in [0.3, 0.4) is 0 Å². The van der Waals surface area contributed by atoms with Crippen LogP contribution < -0.4 is 5.32 Å². The standard InChI is InChI=1S/C15H13N3O2S/c1-10-6-7-21-14(10)9-16-15-5-2-11-8-12(18(19)20)3-4-13(11)17-15/h2-8H,9H2,1H3,(H,16,17). The number of aryl methyl sites for hydroxylation is 1. The SMILES string of the molecule is Cc1ccsc1CNc1ccc2cc([N+](=O)[O-])ccc2n1. The number of hydrogen-bond acceptors (Lipinski definition) is 5. The maximum absolute atomic E-state index is 10.8. The third-order valence-corrected chi connectivity index (χ3v) is 4.30. The van der Waals surface area contributed by atoms with Gasteiger partial charge in [-0.15, -0.1) is 11.3 Å². The number of nitrogens with one attached hydrogen (secondary N) is 1. The average Bonchev–Trinajstić information content (AvgIpc) is 2.89.